The summed E-state index contributed by atoms with van der Waals surface area (Å²) in [4.78, 5) is 26.8. The largest absolute Gasteiger partial charge is 0.496 e. The number of nitrogens with one attached hydrogen (secondary N) is 1. The topological polar surface area (TPSA) is 67.9 Å². The number of fused-ring (bicyclic) bond motifs is 1. The molecule has 0 bridgehead atoms. The normalized spacial score (nSPS) is 28.7. The molecular formula is C23H32N2O4. The molecule has 0 unspecified atom stereocenters. The van der Waals surface area contributed by atoms with Crippen molar-refractivity contribution in [1.82, 2.24) is 10.2 Å². The van der Waals surface area contributed by atoms with Gasteiger partial charge < -0.3 is 19.7 Å². The van der Waals surface area contributed by atoms with Gasteiger partial charge in [-0.15, -0.1) is 0 Å². The van der Waals surface area contributed by atoms with Crippen molar-refractivity contribution in [1.29, 1.82) is 0 Å². The lowest BCUT2D eigenvalue weighted by molar-refractivity contribution is -0.122. The molecule has 0 spiro atoms. The van der Waals surface area contributed by atoms with Gasteiger partial charge in [0, 0.05) is 32.2 Å². The van der Waals surface area contributed by atoms with Crippen LogP contribution in [0.2, 0.25) is 0 Å². The number of carbonyl (C=O) groups excluding carboxylic acids is 2. The second-order valence-electron chi connectivity index (χ2n) is 9.01. The van der Waals surface area contributed by atoms with Gasteiger partial charge in [0.15, 0.2) is 0 Å². The SMILES string of the molecule is COc1ccc(C(=O)N2C[C@H]3C[C@@H](NC(C)=O)[C@H](OCC4CC4)C[C@H]3C2)cc1C. The molecule has 3 aliphatic rings. The molecule has 1 aromatic carbocycles. The van der Waals surface area contributed by atoms with E-state index in [0.29, 0.717) is 23.3 Å². The van der Waals surface area contributed by atoms with E-state index in [4.69, 9.17) is 9.47 Å². The molecule has 6 heteroatoms. The predicted molar refractivity (Wildman–Crippen MR) is 110 cm³/mol. The van der Waals surface area contributed by atoms with Crippen LogP contribution in [-0.4, -0.2) is 55.7 Å². The molecule has 158 valence electrons. The molecule has 1 aliphatic heterocycles. The Morgan fingerprint density at radius 1 is 1.17 bits per heavy atom. The van der Waals surface area contributed by atoms with Gasteiger partial charge in [-0.25, -0.2) is 0 Å². The van der Waals surface area contributed by atoms with Gasteiger partial charge in [0.05, 0.1) is 19.3 Å². The molecule has 3 fully saturated rings. The molecule has 1 aromatic rings. The van der Waals surface area contributed by atoms with Crippen LogP contribution in [0.4, 0.5) is 0 Å². The summed E-state index contributed by atoms with van der Waals surface area (Å²) in [7, 11) is 1.64. The van der Waals surface area contributed by atoms with E-state index in [1.807, 2.05) is 30.0 Å². The number of amides is 2. The summed E-state index contributed by atoms with van der Waals surface area (Å²) in [6.45, 7) is 5.84. The Kier molecular flexibility index (Phi) is 5.81. The van der Waals surface area contributed by atoms with Crippen molar-refractivity contribution in [3.05, 3.63) is 29.3 Å². The van der Waals surface area contributed by atoms with Crippen LogP contribution in [0.15, 0.2) is 18.2 Å². The quantitative estimate of drug-likeness (QED) is 0.797. The maximum Gasteiger partial charge on any atom is 0.253 e. The van der Waals surface area contributed by atoms with Crippen LogP contribution in [0.3, 0.4) is 0 Å². The molecule has 2 aliphatic carbocycles. The molecule has 0 radical (unpaired) electrons. The highest BCUT2D eigenvalue weighted by atomic mass is 16.5. The summed E-state index contributed by atoms with van der Waals surface area (Å²) in [5.41, 5.74) is 1.68. The second kappa shape index (κ2) is 8.34. The zero-order chi connectivity index (χ0) is 20.5. The highest BCUT2D eigenvalue weighted by Crippen LogP contribution is 2.39. The first-order chi connectivity index (χ1) is 13.9. The van der Waals surface area contributed by atoms with Gasteiger partial charge in [-0.05, 0) is 74.1 Å². The van der Waals surface area contributed by atoms with Gasteiger partial charge in [0.2, 0.25) is 5.91 Å². The Hall–Kier alpha value is -2.08. The Morgan fingerprint density at radius 2 is 1.90 bits per heavy atom. The maximum atomic E-state index is 13.1. The van der Waals surface area contributed by atoms with E-state index in [1.165, 1.54) is 12.8 Å². The van der Waals surface area contributed by atoms with Crippen LogP contribution in [0.5, 0.6) is 5.75 Å². The van der Waals surface area contributed by atoms with Crippen LogP contribution < -0.4 is 10.1 Å². The Morgan fingerprint density at radius 3 is 2.52 bits per heavy atom. The minimum Gasteiger partial charge on any atom is -0.496 e. The zero-order valence-electron chi connectivity index (χ0n) is 17.6. The monoisotopic (exact) mass is 400 g/mol. The third-order valence-corrected chi connectivity index (χ3v) is 6.68. The average Bonchev–Trinajstić information content (AvgIpc) is 3.43. The Bertz CT molecular complexity index is 776. The van der Waals surface area contributed by atoms with Gasteiger partial charge in [-0.2, -0.15) is 0 Å². The van der Waals surface area contributed by atoms with Crippen molar-refractivity contribution >= 4 is 11.8 Å². The molecule has 4 rings (SSSR count). The molecule has 6 nitrogen and oxygen atoms in total. The molecular weight excluding hydrogens is 368 g/mol. The van der Waals surface area contributed by atoms with Crippen LogP contribution in [0.25, 0.3) is 0 Å². The Balaban J connectivity index is 1.43. The van der Waals surface area contributed by atoms with Gasteiger partial charge in [-0.3, -0.25) is 9.59 Å². The van der Waals surface area contributed by atoms with Crippen molar-refractivity contribution in [2.24, 2.45) is 17.8 Å². The summed E-state index contributed by atoms with van der Waals surface area (Å²) < 4.78 is 11.5. The first-order valence-electron chi connectivity index (χ1n) is 10.8. The molecule has 1 saturated heterocycles. The van der Waals surface area contributed by atoms with E-state index in [9.17, 15) is 9.59 Å². The van der Waals surface area contributed by atoms with E-state index < -0.39 is 0 Å². The number of rotatable bonds is 6. The predicted octanol–water partition coefficient (Wildman–Crippen LogP) is 2.79. The standard InChI is InChI=1S/C23H32N2O4/c1-14-8-17(6-7-21(14)28-3)23(27)25-11-18-9-20(24-15(2)26)22(10-19(18)12-25)29-13-16-4-5-16/h6-8,16,18-20,22H,4-5,9-13H2,1-3H3,(H,24,26)/t18-,19+,20-,22-/m1/s1. The number of hydrogen-bond donors (Lipinski definition) is 1. The van der Waals surface area contributed by atoms with E-state index in [1.54, 1.807) is 14.0 Å². The lowest BCUT2D eigenvalue weighted by Crippen LogP contribution is -2.50. The van der Waals surface area contributed by atoms with Gasteiger partial charge in [-0.1, -0.05) is 0 Å². The highest BCUT2D eigenvalue weighted by Gasteiger charge is 2.44. The number of aryl methyl sites for hydroxylation is 1. The number of hydrogen-bond acceptors (Lipinski definition) is 4. The molecule has 2 amide bonds. The van der Waals surface area contributed by atoms with E-state index >= 15 is 0 Å². The average molecular weight is 401 g/mol. The van der Waals surface area contributed by atoms with Crippen molar-refractivity contribution in [2.75, 3.05) is 26.8 Å². The summed E-state index contributed by atoms with van der Waals surface area (Å²) >= 11 is 0. The number of benzene rings is 1. The van der Waals surface area contributed by atoms with Gasteiger partial charge in [0.25, 0.3) is 5.91 Å². The molecule has 1 heterocycles. The van der Waals surface area contributed by atoms with E-state index in [-0.39, 0.29) is 24.0 Å². The van der Waals surface area contributed by atoms with Crippen LogP contribution in [0, 0.1) is 24.7 Å². The lowest BCUT2D eigenvalue weighted by atomic mass is 9.77. The molecule has 29 heavy (non-hydrogen) atoms. The fourth-order valence-electron chi connectivity index (χ4n) is 4.91. The smallest absolute Gasteiger partial charge is 0.253 e. The van der Waals surface area contributed by atoms with Crippen LogP contribution in [-0.2, 0) is 9.53 Å². The fourth-order valence-corrected chi connectivity index (χ4v) is 4.91. The van der Waals surface area contributed by atoms with Gasteiger partial charge in [0.1, 0.15) is 5.75 Å². The minimum absolute atomic E-state index is 0.00638. The number of methoxy groups -OCH3 is 1. The molecule has 1 N–H and O–H groups in total. The molecule has 0 aromatic heterocycles. The van der Waals surface area contributed by atoms with E-state index in [2.05, 4.69) is 5.32 Å². The van der Waals surface area contributed by atoms with E-state index in [0.717, 1.165) is 43.9 Å². The summed E-state index contributed by atoms with van der Waals surface area (Å²) in [6, 6.07) is 5.66. The highest BCUT2D eigenvalue weighted by molar-refractivity contribution is 5.94. The summed E-state index contributed by atoms with van der Waals surface area (Å²) in [5.74, 6) is 2.42. The third kappa shape index (κ3) is 4.58. The zero-order valence-corrected chi connectivity index (χ0v) is 17.6. The van der Waals surface area contributed by atoms with Crippen LogP contribution >= 0.6 is 0 Å². The van der Waals surface area contributed by atoms with Gasteiger partial charge >= 0.3 is 0 Å². The summed E-state index contributed by atoms with van der Waals surface area (Å²) in [5, 5.41) is 3.10. The molecule has 4 atom stereocenters. The minimum atomic E-state index is -0.00638. The van der Waals surface area contributed by atoms with Crippen molar-refractivity contribution in [3.63, 3.8) is 0 Å². The van der Waals surface area contributed by atoms with Crippen molar-refractivity contribution < 1.29 is 19.1 Å². The Labute approximate surface area is 172 Å². The number of carbonyl (C=O) groups is 2. The lowest BCUT2D eigenvalue weighted by Gasteiger charge is -2.38. The number of nitrogens with zero attached hydrogens (tertiary/aromatic N) is 1. The van der Waals surface area contributed by atoms with Crippen molar-refractivity contribution in [2.45, 2.75) is 51.7 Å². The maximum absolute atomic E-state index is 13.1. The third-order valence-electron chi connectivity index (χ3n) is 6.68. The second-order valence-corrected chi connectivity index (χ2v) is 9.01. The first-order valence-corrected chi connectivity index (χ1v) is 10.8. The fraction of sp³-hybridized carbons (Fsp3) is 0.652. The molecule has 2 saturated carbocycles. The number of likely N-dealkylation sites (tertiary alicyclic amines) is 1. The number of ether oxygens (including phenoxy) is 2. The van der Waals surface area contributed by atoms with Crippen LogP contribution in [0.1, 0.15) is 48.5 Å². The first kappa shape index (κ1) is 20.2. The van der Waals surface area contributed by atoms with Crippen molar-refractivity contribution in [3.8, 4) is 5.75 Å². The summed E-state index contributed by atoms with van der Waals surface area (Å²) in [6.07, 6.45) is 4.36.